The van der Waals surface area contributed by atoms with Crippen molar-refractivity contribution in [1.82, 2.24) is 31.1 Å². The molecule has 10 rings (SSSR count). The van der Waals surface area contributed by atoms with Gasteiger partial charge in [0.2, 0.25) is 0 Å². The Kier molecular flexibility index (Phi) is 62.9. The molecular weight excluding hydrogens is 1870 g/mol. The molecule has 0 aliphatic heterocycles. The molecule has 46 heteroatoms. The molecule has 120 heavy (non-hydrogen) atoms. The van der Waals surface area contributed by atoms with E-state index in [1.54, 1.807) is 112 Å². The Bertz CT molecular complexity index is 3870. The number of hydrogen-bond acceptors (Lipinski definition) is 34. The van der Waals surface area contributed by atoms with Crippen LogP contribution in [-0.2, 0) is 39.3 Å². The Morgan fingerprint density at radius 2 is 0.483 bits per heavy atom. The monoisotopic (exact) mass is 1960 g/mol. The fourth-order valence-electron chi connectivity index (χ4n) is 9.19. The molecule has 644 valence electrons. The number of rotatable bonds is 32. The molecular formula is C74H82Eu2N12O32. The van der Waals surface area contributed by atoms with Crippen molar-refractivity contribution in [3.63, 3.8) is 0 Å². The van der Waals surface area contributed by atoms with Crippen LogP contribution in [0.3, 0.4) is 0 Å². The molecule has 0 atom stereocenters. The predicted molar refractivity (Wildman–Crippen MR) is 418 cm³/mol. The number of carbonyl (C=O) groups is 4. The van der Waals surface area contributed by atoms with Crippen LogP contribution >= 0.6 is 0 Å². The maximum Gasteiger partial charge on any atom is 3.00 e. The summed E-state index contributed by atoms with van der Waals surface area (Å²) in [6.45, 7) is 10.2. The van der Waals surface area contributed by atoms with E-state index in [1.807, 2.05) is 109 Å². The van der Waals surface area contributed by atoms with Crippen LogP contribution in [0.2, 0.25) is 0 Å². The maximum atomic E-state index is 12.9. The zero-order chi connectivity index (χ0) is 87.7. The van der Waals surface area contributed by atoms with Crippen LogP contribution < -0.4 is 40.2 Å². The molecule has 4 amide bonds. The summed E-state index contributed by atoms with van der Waals surface area (Å²) in [6, 6.07) is 63.4. The minimum atomic E-state index is -1.75. The number of nitrogens with zero attached hydrogens (tertiary/aromatic N) is 8. The van der Waals surface area contributed by atoms with Crippen molar-refractivity contribution < 1.29 is 195 Å². The molecule has 0 spiro atoms. The smallest absolute Gasteiger partial charge is 0.491 e. The Hall–Kier alpha value is -12.3. The molecule has 0 bridgehead atoms. The van der Waals surface area contributed by atoms with E-state index < -0.39 is 30.5 Å². The number of aliphatic hydroxyl groups is 2. The molecule has 0 radical (unpaired) electrons. The molecule has 0 saturated carbocycles. The summed E-state index contributed by atoms with van der Waals surface area (Å²) in [5.41, 5.74) is 4.14. The van der Waals surface area contributed by atoms with Gasteiger partial charge in [-0.05, 0) is 122 Å². The molecule has 6 aromatic carbocycles. The van der Waals surface area contributed by atoms with E-state index in [4.69, 9.17) is 139 Å². The normalized spacial score (nSPS) is 9.45. The van der Waals surface area contributed by atoms with Crippen LogP contribution in [0, 0.1) is 191 Å². The second-order valence-electron chi connectivity index (χ2n) is 21.9. The van der Waals surface area contributed by atoms with Crippen LogP contribution in [-0.4, -0.2) is 140 Å². The molecule has 0 aliphatic rings. The summed E-state index contributed by atoms with van der Waals surface area (Å²) in [5, 5.41) is 115. The van der Waals surface area contributed by atoms with Gasteiger partial charge in [0.25, 0.3) is 23.6 Å². The Morgan fingerprint density at radius 3 is 0.658 bits per heavy atom. The number of carbonyl (C=O) groups excluding carboxylic acids is 4. The summed E-state index contributed by atoms with van der Waals surface area (Å²) < 4.78 is 45.7. The summed E-state index contributed by atoms with van der Waals surface area (Å²) in [4.78, 5) is 105. The van der Waals surface area contributed by atoms with Crippen molar-refractivity contribution >= 4 is 23.6 Å². The van der Waals surface area contributed by atoms with Gasteiger partial charge in [-0.2, -0.15) is 0 Å². The van der Waals surface area contributed by atoms with E-state index in [9.17, 15) is 19.2 Å². The van der Waals surface area contributed by atoms with Crippen molar-refractivity contribution in [2.24, 2.45) is 0 Å². The van der Waals surface area contributed by atoms with E-state index in [2.05, 4.69) is 55.3 Å². The van der Waals surface area contributed by atoms with Gasteiger partial charge in [0, 0.05) is 52.5 Å². The number of benzene rings is 6. The van der Waals surface area contributed by atoms with Crippen molar-refractivity contribution in [2.45, 2.75) is 53.1 Å². The van der Waals surface area contributed by atoms with Gasteiger partial charge in [0.15, 0.2) is 0 Å². The maximum absolute atomic E-state index is 12.9. The van der Waals surface area contributed by atoms with Crippen LogP contribution in [0.25, 0.3) is 0 Å². The molecule has 0 unspecified atom stereocenters. The molecule has 6 N–H and O–H groups in total. The van der Waals surface area contributed by atoms with Gasteiger partial charge in [-0.15, -0.1) is 0 Å². The fraction of sp³-hybridized carbons (Fsp3) is 0.243. The van der Waals surface area contributed by atoms with E-state index in [1.165, 1.54) is 0 Å². The SMILES string of the molecule is CCO.CCO.O=C(NCc1ccco1)c1ccccc1OCCN(CCOc1ccccc1C(=O)NCc1ccco1)Cc1ccccc1.O=C(NCc1ccco1)c1ccccc1OCCN(CCOc1ccccc1C(=O)NCc1ccco1)Cc1ccccc1.O=[N+]([O-])[O-].O=[N+]([O-])[O-].O=[N+]([O-])[O-].O=[N+]([O-])[O-].O=[N+]([O-])[O-].O=[N+]([O-])[O-].[Eu+3].[Eu+3]. The van der Waals surface area contributed by atoms with E-state index >= 15 is 0 Å². The first-order chi connectivity index (χ1) is 56.5. The molecule has 10 aromatic rings. The Morgan fingerprint density at radius 1 is 0.308 bits per heavy atom. The van der Waals surface area contributed by atoms with Gasteiger partial charge in [0.1, 0.15) is 72.5 Å². The van der Waals surface area contributed by atoms with Crippen molar-refractivity contribution in [3.05, 3.63) is 380 Å². The third-order valence-electron chi connectivity index (χ3n) is 13.7. The first-order valence-corrected chi connectivity index (χ1v) is 34.3. The summed E-state index contributed by atoms with van der Waals surface area (Å²) in [7, 11) is 0. The fourth-order valence-corrected chi connectivity index (χ4v) is 9.19. The van der Waals surface area contributed by atoms with Crippen LogP contribution in [0.1, 0.15) is 89.4 Å². The van der Waals surface area contributed by atoms with Crippen molar-refractivity contribution in [2.75, 3.05) is 65.8 Å². The number of amides is 4. The van der Waals surface area contributed by atoms with Crippen molar-refractivity contribution in [1.29, 1.82) is 0 Å². The summed E-state index contributed by atoms with van der Waals surface area (Å²) in [6.07, 6.45) is 6.30. The van der Waals surface area contributed by atoms with Crippen LogP contribution in [0.5, 0.6) is 23.0 Å². The third-order valence-corrected chi connectivity index (χ3v) is 13.7. The average Bonchev–Trinajstić information content (AvgIpc) is 1.30. The standard InChI is InChI=1S/2C35H35N3O6.2C2H6O.2Eu.6NO3/c2*39-34(36-24-28-12-8-20-41-28)30-14-4-6-16-32(30)43-22-18-38(26-27-10-2-1-3-11-27)19-23-44-33-17-7-5-15-31(33)35(40)37-25-29-13-9-21-42-29;2*1-2-3;;;6*2-1(3)4/h2*1-17,20-21H,18-19,22-26H2,(H,36,39)(H,37,40);2*3H,2H2,1H3;;;;;;;;/q;;;;2*+3;6*-1. The summed E-state index contributed by atoms with van der Waals surface area (Å²) in [5.74, 6) is 3.78. The van der Waals surface area contributed by atoms with Gasteiger partial charge < -0.3 is 160 Å². The topological polar surface area (TPSA) is 650 Å². The molecule has 4 heterocycles. The number of nitrogens with one attached hydrogen (secondary N) is 4. The summed E-state index contributed by atoms with van der Waals surface area (Å²) >= 11 is 0. The van der Waals surface area contributed by atoms with Gasteiger partial charge in [0.05, 0.1) is 104 Å². The molecule has 0 fully saturated rings. The molecule has 0 aliphatic carbocycles. The molecule has 44 nitrogen and oxygen atoms in total. The number of ether oxygens (including phenoxy) is 4. The van der Waals surface area contributed by atoms with E-state index in [0.717, 1.165) is 11.1 Å². The first-order valence-electron chi connectivity index (χ1n) is 34.3. The number of aliphatic hydroxyl groups excluding tert-OH is 2. The largest absolute Gasteiger partial charge is 3.00 e. The minimum absolute atomic E-state index is 0. The second kappa shape index (κ2) is 68.8. The zero-order valence-corrected chi connectivity index (χ0v) is 68.6. The molecule has 0 saturated heterocycles. The predicted octanol–water partition coefficient (Wildman–Crippen LogP) is 9.95. The number of furan rings is 4. The Labute approximate surface area is 764 Å². The zero-order valence-electron chi connectivity index (χ0n) is 63.7. The number of hydrogen-bond donors (Lipinski definition) is 6. The van der Waals surface area contributed by atoms with Crippen LogP contribution in [0.15, 0.2) is 249 Å². The van der Waals surface area contributed by atoms with Gasteiger partial charge in [-0.25, -0.2) is 0 Å². The second-order valence-corrected chi connectivity index (χ2v) is 21.9. The van der Waals surface area contributed by atoms with E-state index in [-0.39, 0.29) is 136 Å². The van der Waals surface area contributed by atoms with E-state index in [0.29, 0.717) is 160 Å². The van der Waals surface area contributed by atoms with Gasteiger partial charge in [-0.3, -0.25) is 29.0 Å². The quantitative estimate of drug-likeness (QED) is 0.0169. The Balaban J connectivity index is 0. The number of para-hydroxylation sites is 4. The van der Waals surface area contributed by atoms with Gasteiger partial charge >= 0.3 is 98.8 Å². The average molecular weight is 1960 g/mol. The first kappa shape index (κ1) is 110. The molecule has 4 aromatic heterocycles. The van der Waals surface area contributed by atoms with Gasteiger partial charge in [-0.1, -0.05) is 109 Å². The third kappa shape index (κ3) is 56.1. The van der Waals surface area contributed by atoms with Crippen molar-refractivity contribution in [3.8, 4) is 23.0 Å². The minimum Gasteiger partial charge on any atom is -0.491 e. The van der Waals surface area contributed by atoms with Crippen LogP contribution in [0.4, 0.5) is 0 Å².